The van der Waals surface area contributed by atoms with E-state index in [2.05, 4.69) is 21.3 Å². The summed E-state index contributed by atoms with van der Waals surface area (Å²) in [5, 5.41) is 12.8. The van der Waals surface area contributed by atoms with E-state index in [-0.39, 0.29) is 0 Å². The molecule has 0 saturated carbocycles. The fourth-order valence-corrected chi connectivity index (χ4v) is 3.27. The van der Waals surface area contributed by atoms with Gasteiger partial charge in [-0.05, 0) is 31.9 Å². The highest BCUT2D eigenvalue weighted by atomic mass is 35.5. The highest BCUT2D eigenvalue weighted by molar-refractivity contribution is 6.34. The van der Waals surface area contributed by atoms with Crippen molar-refractivity contribution >= 4 is 17.4 Å². The Morgan fingerprint density at radius 1 is 1.44 bits per heavy atom. The first-order valence-electron chi connectivity index (χ1n) is 6.35. The van der Waals surface area contributed by atoms with Gasteiger partial charge in [0, 0.05) is 24.8 Å². The Hall–Kier alpha value is -1.31. The zero-order valence-electron chi connectivity index (χ0n) is 10.1. The Kier molecular flexibility index (Phi) is 3.11. The number of halogens is 1. The Bertz CT molecular complexity index is 496. The average Bonchev–Trinajstić information content (AvgIpc) is 2.96. The van der Waals surface area contributed by atoms with Crippen molar-refractivity contribution < 1.29 is 0 Å². The van der Waals surface area contributed by atoms with Gasteiger partial charge in [-0.25, -0.2) is 4.98 Å². The van der Waals surface area contributed by atoms with E-state index in [0.717, 1.165) is 13.0 Å². The number of hydrogen-bond donors (Lipinski definition) is 1. The van der Waals surface area contributed by atoms with Crippen LogP contribution in [0, 0.1) is 11.3 Å². The molecule has 3 rings (SSSR count). The highest BCUT2D eigenvalue weighted by Crippen LogP contribution is 2.31. The van der Waals surface area contributed by atoms with Crippen LogP contribution in [-0.4, -0.2) is 35.1 Å². The van der Waals surface area contributed by atoms with Gasteiger partial charge in [0.15, 0.2) is 0 Å². The van der Waals surface area contributed by atoms with Gasteiger partial charge in [-0.2, -0.15) is 5.26 Å². The third kappa shape index (κ3) is 1.94. The summed E-state index contributed by atoms with van der Waals surface area (Å²) in [6.45, 7) is 2.36. The third-order valence-corrected chi connectivity index (χ3v) is 4.32. The monoisotopic (exact) mass is 262 g/mol. The summed E-state index contributed by atoms with van der Waals surface area (Å²) < 4.78 is 0. The first kappa shape index (κ1) is 11.8. The normalized spacial score (nSPS) is 26.9. The van der Waals surface area contributed by atoms with Crippen LogP contribution in [0.2, 0.25) is 5.02 Å². The lowest BCUT2D eigenvalue weighted by Crippen LogP contribution is -2.34. The van der Waals surface area contributed by atoms with E-state index in [1.807, 2.05) is 0 Å². The zero-order valence-corrected chi connectivity index (χ0v) is 10.8. The van der Waals surface area contributed by atoms with E-state index in [0.29, 0.717) is 28.5 Å². The van der Waals surface area contributed by atoms with Crippen molar-refractivity contribution in [3.05, 3.63) is 22.8 Å². The smallest absolute Gasteiger partial charge is 0.146 e. The second-order valence-corrected chi connectivity index (χ2v) is 5.30. The lowest BCUT2D eigenvalue weighted by atomic mass is 10.1. The number of nitrogens with one attached hydrogen (secondary N) is 1. The van der Waals surface area contributed by atoms with E-state index in [1.165, 1.54) is 19.4 Å². The number of nitrogens with zero attached hydrogens (tertiary/aromatic N) is 3. The first-order valence-corrected chi connectivity index (χ1v) is 6.72. The molecule has 3 heterocycles. The van der Waals surface area contributed by atoms with Gasteiger partial charge in [0.25, 0.3) is 0 Å². The standard InChI is InChI=1S/C13H15ClN4/c14-12-9(8-15)3-5-16-13(12)17-10-4-7-18-6-1-2-11(10)18/h3,5,10-11H,1-2,4,6-7H2,(H,16,17). The molecule has 4 nitrogen and oxygen atoms in total. The molecule has 0 aromatic carbocycles. The molecule has 2 fully saturated rings. The number of pyridine rings is 1. The summed E-state index contributed by atoms with van der Waals surface area (Å²) in [4.78, 5) is 6.78. The Morgan fingerprint density at radius 2 is 2.33 bits per heavy atom. The van der Waals surface area contributed by atoms with E-state index >= 15 is 0 Å². The number of fused-ring (bicyclic) bond motifs is 1. The highest BCUT2D eigenvalue weighted by Gasteiger charge is 2.37. The van der Waals surface area contributed by atoms with Crippen LogP contribution in [0.4, 0.5) is 5.82 Å². The predicted molar refractivity (Wildman–Crippen MR) is 70.6 cm³/mol. The first-order chi connectivity index (χ1) is 8.79. The molecule has 1 aromatic rings. The van der Waals surface area contributed by atoms with Gasteiger partial charge in [-0.1, -0.05) is 11.6 Å². The van der Waals surface area contributed by atoms with Gasteiger partial charge in [0.1, 0.15) is 16.9 Å². The second kappa shape index (κ2) is 4.75. The third-order valence-electron chi connectivity index (χ3n) is 3.94. The van der Waals surface area contributed by atoms with E-state index < -0.39 is 0 Å². The Balaban J connectivity index is 1.79. The van der Waals surface area contributed by atoms with Crippen LogP contribution in [0.5, 0.6) is 0 Å². The van der Waals surface area contributed by atoms with Crippen LogP contribution in [0.15, 0.2) is 12.3 Å². The fraction of sp³-hybridized carbons (Fsp3) is 0.538. The summed E-state index contributed by atoms with van der Waals surface area (Å²) in [5.74, 6) is 0.648. The molecule has 2 atom stereocenters. The molecule has 0 spiro atoms. The van der Waals surface area contributed by atoms with E-state index in [4.69, 9.17) is 16.9 Å². The Labute approximate surface area is 112 Å². The summed E-state index contributed by atoms with van der Waals surface area (Å²) in [6, 6.07) is 4.74. The van der Waals surface area contributed by atoms with Crippen LogP contribution in [0.25, 0.3) is 0 Å². The van der Waals surface area contributed by atoms with Crippen molar-refractivity contribution in [3.8, 4) is 6.07 Å². The number of rotatable bonds is 2. The van der Waals surface area contributed by atoms with Crippen LogP contribution in [0.3, 0.4) is 0 Å². The lowest BCUT2D eigenvalue weighted by molar-refractivity contribution is 0.318. The van der Waals surface area contributed by atoms with E-state index in [9.17, 15) is 0 Å². The number of anilines is 1. The van der Waals surface area contributed by atoms with Gasteiger partial charge in [-0.3, -0.25) is 4.90 Å². The maximum atomic E-state index is 8.96. The second-order valence-electron chi connectivity index (χ2n) is 4.92. The maximum Gasteiger partial charge on any atom is 0.146 e. The van der Waals surface area contributed by atoms with Gasteiger partial charge in [0.05, 0.1) is 5.56 Å². The van der Waals surface area contributed by atoms with Crippen molar-refractivity contribution in [2.24, 2.45) is 0 Å². The van der Waals surface area contributed by atoms with E-state index in [1.54, 1.807) is 12.3 Å². The summed E-state index contributed by atoms with van der Waals surface area (Å²) in [6.07, 6.45) is 5.28. The molecule has 0 amide bonds. The summed E-state index contributed by atoms with van der Waals surface area (Å²) in [5.41, 5.74) is 0.482. The SMILES string of the molecule is N#Cc1ccnc(NC2CCN3CCCC23)c1Cl. The number of nitriles is 1. The molecule has 0 radical (unpaired) electrons. The average molecular weight is 263 g/mol. The van der Waals surface area contributed by atoms with Gasteiger partial charge < -0.3 is 5.32 Å². The van der Waals surface area contributed by atoms with Crippen molar-refractivity contribution in [2.75, 3.05) is 18.4 Å². The molecule has 2 aliphatic rings. The lowest BCUT2D eigenvalue weighted by Gasteiger charge is -2.22. The minimum atomic E-state index is 0.409. The molecule has 0 aliphatic carbocycles. The predicted octanol–water partition coefficient (Wildman–Crippen LogP) is 2.26. The molecular formula is C13H15ClN4. The molecule has 5 heteroatoms. The molecular weight excluding hydrogens is 248 g/mol. The largest absolute Gasteiger partial charge is 0.364 e. The van der Waals surface area contributed by atoms with Gasteiger partial charge >= 0.3 is 0 Å². The molecule has 2 unspecified atom stereocenters. The maximum absolute atomic E-state index is 8.96. The van der Waals surface area contributed by atoms with Crippen LogP contribution in [0.1, 0.15) is 24.8 Å². The zero-order chi connectivity index (χ0) is 12.5. The van der Waals surface area contributed by atoms with Gasteiger partial charge in [-0.15, -0.1) is 0 Å². The van der Waals surface area contributed by atoms with Crippen molar-refractivity contribution in [2.45, 2.75) is 31.3 Å². The van der Waals surface area contributed by atoms with Crippen molar-refractivity contribution in [1.82, 2.24) is 9.88 Å². The summed E-state index contributed by atoms with van der Waals surface area (Å²) in [7, 11) is 0. The van der Waals surface area contributed by atoms with Crippen LogP contribution >= 0.6 is 11.6 Å². The minimum Gasteiger partial charge on any atom is -0.364 e. The van der Waals surface area contributed by atoms with Gasteiger partial charge in [0.2, 0.25) is 0 Å². The molecule has 2 saturated heterocycles. The number of aromatic nitrogens is 1. The topological polar surface area (TPSA) is 52.0 Å². The molecule has 1 aromatic heterocycles. The van der Waals surface area contributed by atoms with Crippen molar-refractivity contribution in [1.29, 1.82) is 5.26 Å². The van der Waals surface area contributed by atoms with Crippen molar-refractivity contribution in [3.63, 3.8) is 0 Å². The van der Waals surface area contributed by atoms with Crippen LogP contribution < -0.4 is 5.32 Å². The fourth-order valence-electron chi connectivity index (χ4n) is 3.06. The molecule has 1 N–H and O–H groups in total. The Morgan fingerprint density at radius 3 is 3.17 bits per heavy atom. The quantitative estimate of drug-likeness (QED) is 0.888. The molecule has 0 bridgehead atoms. The number of hydrogen-bond acceptors (Lipinski definition) is 4. The molecule has 94 valence electrons. The minimum absolute atomic E-state index is 0.409. The molecule has 18 heavy (non-hydrogen) atoms. The molecule has 2 aliphatic heterocycles. The van der Waals surface area contributed by atoms with Crippen LogP contribution in [-0.2, 0) is 0 Å². The summed E-state index contributed by atoms with van der Waals surface area (Å²) >= 11 is 6.17.